The third-order valence-electron chi connectivity index (χ3n) is 2.10. The summed E-state index contributed by atoms with van der Waals surface area (Å²) in [5.41, 5.74) is 0. The minimum Gasteiger partial charge on any atom is -0.310 e. The van der Waals surface area contributed by atoms with Crippen molar-refractivity contribution >= 4 is 35.0 Å². The predicted molar refractivity (Wildman–Crippen MR) is 72.1 cm³/mol. The minimum absolute atomic E-state index is 0.219. The number of carbonyl (C=O) groups excluding carboxylic acids is 4. The van der Waals surface area contributed by atoms with Crippen molar-refractivity contribution in [3.8, 4) is 0 Å². The maximum Gasteiger partial charge on any atom is 0.232 e. The van der Waals surface area contributed by atoms with E-state index in [2.05, 4.69) is 15.6 Å². The van der Waals surface area contributed by atoms with Crippen molar-refractivity contribution in [1.82, 2.24) is 4.98 Å². The Kier molecular flexibility index (Phi) is 5.52. The van der Waals surface area contributed by atoms with Gasteiger partial charge in [0, 0.05) is 0 Å². The Hall–Kier alpha value is -2.57. The van der Waals surface area contributed by atoms with E-state index >= 15 is 0 Å². The molecule has 2 N–H and O–H groups in total. The van der Waals surface area contributed by atoms with Crippen LogP contribution in [-0.2, 0) is 19.2 Å². The van der Waals surface area contributed by atoms with E-state index in [0.717, 1.165) is 0 Å². The molecule has 0 radical (unpaired) electrons. The predicted octanol–water partition coefficient (Wildman–Crippen LogP) is 0.917. The molecule has 20 heavy (non-hydrogen) atoms. The van der Waals surface area contributed by atoms with Crippen molar-refractivity contribution in [3.63, 3.8) is 0 Å². The van der Waals surface area contributed by atoms with Crippen molar-refractivity contribution in [2.24, 2.45) is 0 Å². The number of ketones is 2. The highest BCUT2D eigenvalue weighted by molar-refractivity contribution is 6.04. The Morgan fingerprint density at radius 2 is 1.30 bits per heavy atom. The number of Topliss-reactive ketones (excluding diaryl/α,β-unsaturated/α-hetero) is 2. The van der Waals surface area contributed by atoms with Crippen LogP contribution in [0.15, 0.2) is 18.2 Å². The van der Waals surface area contributed by atoms with Gasteiger partial charge in [-0.15, -0.1) is 0 Å². The second kappa shape index (κ2) is 7.13. The Balaban J connectivity index is 2.66. The van der Waals surface area contributed by atoms with Crippen LogP contribution in [0.5, 0.6) is 0 Å². The van der Waals surface area contributed by atoms with Gasteiger partial charge in [-0.05, 0) is 26.0 Å². The number of nitrogens with zero attached hydrogens (tertiary/aromatic N) is 1. The molecular weight excluding hydrogens is 262 g/mol. The SMILES string of the molecule is CC(=O)CC(=O)Nc1cccc(NC(=O)CC(C)=O)n1. The molecule has 0 saturated heterocycles. The quantitative estimate of drug-likeness (QED) is 0.752. The molecule has 0 aliphatic heterocycles. The maximum atomic E-state index is 11.4. The Morgan fingerprint density at radius 3 is 1.65 bits per heavy atom. The van der Waals surface area contributed by atoms with Gasteiger partial charge in [0.25, 0.3) is 0 Å². The van der Waals surface area contributed by atoms with Gasteiger partial charge in [0.2, 0.25) is 11.8 Å². The Morgan fingerprint density at radius 1 is 0.900 bits per heavy atom. The van der Waals surface area contributed by atoms with Crippen molar-refractivity contribution in [1.29, 1.82) is 0 Å². The Labute approximate surface area is 115 Å². The maximum absolute atomic E-state index is 11.4. The zero-order valence-corrected chi connectivity index (χ0v) is 11.2. The van der Waals surface area contributed by atoms with Crippen LogP contribution in [0.2, 0.25) is 0 Å². The summed E-state index contributed by atoms with van der Waals surface area (Å²) in [6.07, 6.45) is -0.467. The molecule has 0 fully saturated rings. The number of nitrogens with one attached hydrogen (secondary N) is 2. The van der Waals surface area contributed by atoms with E-state index in [1.165, 1.54) is 26.0 Å². The average Bonchev–Trinajstić information content (AvgIpc) is 2.26. The van der Waals surface area contributed by atoms with E-state index in [-0.39, 0.29) is 36.0 Å². The van der Waals surface area contributed by atoms with Crippen molar-refractivity contribution in [2.45, 2.75) is 26.7 Å². The largest absolute Gasteiger partial charge is 0.310 e. The smallest absolute Gasteiger partial charge is 0.232 e. The summed E-state index contributed by atoms with van der Waals surface area (Å²) in [5, 5.41) is 4.88. The second-order valence-electron chi connectivity index (χ2n) is 4.26. The number of pyridine rings is 1. The van der Waals surface area contributed by atoms with E-state index in [1.54, 1.807) is 6.07 Å². The molecule has 0 aliphatic carbocycles. The number of rotatable bonds is 6. The molecular formula is C13H15N3O4. The van der Waals surface area contributed by atoms with Gasteiger partial charge >= 0.3 is 0 Å². The topological polar surface area (TPSA) is 105 Å². The summed E-state index contributed by atoms with van der Waals surface area (Å²) in [4.78, 5) is 48.4. The normalized spacial score (nSPS) is 9.70. The highest BCUT2D eigenvalue weighted by atomic mass is 16.2. The first kappa shape index (κ1) is 15.5. The number of aromatic nitrogens is 1. The fourth-order valence-corrected chi connectivity index (χ4v) is 1.40. The van der Waals surface area contributed by atoms with Crippen LogP contribution in [0.1, 0.15) is 26.7 Å². The standard InChI is InChI=1S/C13H15N3O4/c1-8(17)6-12(19)15-10-4-3-5-11(14-10)16-13(20)7-9(2)18/h3-5H,6-7H2,1-2H3,(H2,14,15,16,19,20). The number of anilines is 2. The highest BCUT2D eigenvalue weighted by Crippen LogP contribution is 2.10. The van der Waals surface area contributed by atoms with E-state index in [1.807, 2.05) is 0 Å². The summed E-state index contributed by atoms with van der Waals surface area (Å²) < 4.78 is 0. The average molecular weight is 277 g/mol. The summed E-state index contributed by atoms with van der Waals surface area (Å²) in [7, 11) is 0. The lowest BCUT2D eigenvalue weighted by Gasteiger charge is -2.06. The molecule has 0 saturated carbocycles. The van der Waals surface area contributed by atoms with Crippen molar-refractivity contribution < 1.29 is 19.2 Å². The molecule has 0 unspecified atom stereocenters. The molecule has 2 amide bonds. The van der Waals surface area contributed by atoms with Crippen LogP contribution < -0.4 is 10.6 Å². The molecule has 1 rings (SSSR count). The molecule has 0 atom stereocenters. The van der Waals surface area contributed by atoms with Crippen LogP contribution in [0, 0.1) is 0 Å². The first-order valence-corrected chi connectivity index (χ1v) is 5.92. The number of hydrogen-bond donors (Lipinski definition) is 2. The van der Waals surface area contributed by atoms with Gasteiger partial charge in [0.15, 0.2) is 0 Å². The Bertz CT molecular complexity index is 509. The fraction of sp³-hybridized carbons (Fsp3) is 0.308. The van der Waals surface area contributed by atoms with Crippen LogP contribution in [0.4, 0.5) is 11.6 Å². The zero-order valence-electron chi connectivity index (χ0n) is 11.2. The molecule has 1 aromatic heterocycles. The van der Waals surface area contributed by atoms with Gasteiger partial charge in [-0.2, -0.15) is 0 Å². The number of amides is 2. The molecule has 1 heterocycles. The van der Waals surface area contributed by atoms with Crippen LogP contribution >= 0.6 is 0 Å². The third kappa shape index (κ3) is 5.85. The van der Waals surface area contributed by atoms with Crippen LogP contribution in [0.3, 0.4) is 0 Å². The summed E-state index contributed by atoms with van der Waals surface area (Å²) in [6, 6.07) is 4.64. The lowest BCUT2D eigenvalue weighted by Crippen LogP contribution is -2.18. The molecule has 0 aromatic carbocycles. The molecule has 1 aromatic rings. The van der Waals surface area contributed by atoms with E-state index in [9.17, 15) is 19.2 Å². The van der Waals surface area contributed by atoms with E-state index in [4.69, 9.17) is 0 Å². The van der Waals surface area contributed by atoms with Gasteiger partial charge in [-0.25, -0.2) is 4.98 Å². The first-order valence-electron chi connectivity index (χ1n) is 5.92. The molecule has 0 aliphatic rings. The van der Waals surface area contributed by atoms with E-state index in [0.29, 0.717) is 0 Å². The summed E-state index contributed by atoms with van der Waals surface area (Å²) >= 11 is 0. The van der Waals surface area contributed by atoms with Gasteiger partial charge in [-0.1, -0.05) is 6.07 Å². The molecule has 0 bridgehead atoms. The number of hydrogen-bond acceptors (Lipinski definition) is 5. The second-order valence-corrected chi connectivity index (χ2v) is 4.26. The summed E-state index contributed by atoms with van der Waals surface area (Å²) in [5.74, 6) is -1.02. The molecule has 7 heteroatoms. The van der Waals surface area contributed by atoms with Gasteiger partial charge < -0.3 is 10.6 Å². The molecule has 0 spiro atoms. The fourth-order valence-electron chi connectivity index (χ4n) is 1.40. The first-order chi connectivity index (χ1) is 9.36. The van der Waals surface area contributed by atoms with E-state index < -0.39 is 11.8 Å². The third-order valence-corrected chi connectivity index (χ3v) is 2.10. The minimum atomic E-state index is -0.475. The van der Waals surface area contributed by atoms with Gasteiger partial charge in [-0.3, -0.25) is 19.2 Å². The van der Waals surface area contributed by atoms with Crippen molar-refractivity contribution in [2.75, 3.05) is 10.6 Å². The van der Waals surface area contributed by atoms with Gasteiger partial charge in [0.05, 0.1) is 12.8 Å². The lowest BCUT2D eigenvalue weighted by atomic mass is 10.3. The highest BCUT2D eigenvalue weighted by Gasteiger charge is 2.09. The van der Waals surface area contributed by atoms with Crippen molar-refractivity contribution in [3.05, 3.63) is 18.2 Å². The molecule has 7 nitrogen and oxygen atoms in total. The van der Waals surface area contributed by atoms with Crippen LogP contribution in [0.25, 0.3) is 0 Å². The monoisotopic (exact) mass is 277 g/mol. The van der Waals surface area contributed by atoms with Crippen LogP contribution in [-0.4, -0.2) is 28.4 Å². The zero-order chi connectivity index (χ0) is 15.1. The molecule has 106 valence electrons. The lowest BCUT2D eigenvalue weighted by molar-refractivity contribution is -0.125. The van der Waals surface area contributed by atoms with Gasteiger partial charge in [0.1, 0.15) is 23.2 Å². The number of carbonyl (C=O) groups is 4. The summed E-state index contributed by atoms with van der Waals surface area (Å²) in [6.45, 7) is 2.62.